The summed E-state index contributed by atoms with van der Waals surface area (Å²) in [5, 5.41) is 0. The molecule has 2 saturated heterocycles. The lowest BCUT2D eigenvalue weighted by Crippen LogP contribution is -2.39. The Kier molecular flexibility index (Phi) is 2.19. The number of hydrogen-bond acceptors (Lipinski definition) is 2. The molecule has 58 valence electrons. The predicted molar refractivity (Wildman–Crippen MR) is 51.0 cm³/mol. The van der Waals surface area contributed by atoms with Crippen molar-refractivity contribution in [3.63, 3.8) is 0 Å². The molecule has 0 bridgehead atoms. The van der Waals surface area contributed by atoms with Crippen LogP contribution in [0.15, 0.2) is 0 Å². The Morgan fingerprint density at radius 3 is 2.60 bits per heavy atom. The maximum atomic E-state index is 2.25. The van der Waals surface area contributed by atoms with Crippen LogP contribution in [0.5, 0.6) is 0 Å². The molecule has 0 saturated carbocycles. The maximum Gasteiger partial charge on any atom is 0.0340 e. The second-order valence-electron chi connectivity index (χ2n) is 3.33. The van der Waals surface area contributed by atoms with Gasteiger partial charge in [-0.3, -0.25) is 0 Å². The van der Waals surface area contributed by atoms with Gasteiger partial charge in [0.15, 0.2) is 0 Å². The van der Waals surface area contributed by atoms with E-state index in [1.807, 2.05) is 0 Å². The Morgan fingerprint density at radius 1 is 1.00 bits per heavy atom. The van der Waals surface area contributed by atoms with E-state index in [0.717, 1.165) is 4.75 Å². The van der Waals surface area contributed by atoms with Gasteiger partial charge in [0.25, 0.3) is 0 Å². The Balaban J connectivity index is 1.92. The SMILES string of the molecule is C1CCSC2(CC1)CSC2. The molecule has 0 aliphatic carbocycles. The summed E-state index contributed by atoms with van der Waals surface area (Å²) in [6, 6.07) is 0. The first-order valence-electron chi connectivity index (χ1n) is 4.13. The Hall–Kier alpha value is 0.700. The van der Waals surface area contributed by atoms with Gasteiger partial charge in [0.2, 0.25) is 0 Å². The summed E-state index contributed by atoms with van der Waals surface area (Å²) >= 11 is 4.38. The molecule has 0 aromatic carbocycles. The number of rotatable bonds is 0. The predicted octanol–water partition coefficient (Wildman–Crippen LogP) is 2.78. The van der Waals surface area contributed by atoms with Crippen molar-refractivity contribution >= 4 is 23.5 Å². The van der Waals surface area contributed by atoms with Gasteiger partial charge in [0.1, 0.15) is 0 Å². The fourth-order valence-corrected chi connectivity index (χ4v) is 4.83. The number of thioether (sulfide) groups is 2. The summed E-state index contributed by atoms with van der Waals surface area (Å²) < 4.78 is 0.765. The largest absolute Gasteiger partial charge is 0.159 e. The van der Waals surface area contributed by atoms with Crippen LogP contribution in [0.1, 0.15) is 25.7 Å². The highest BCUT2D eigenvalue weighted by Crippen LogP contribution is 2.46. The van der Waals surface area contributed by atoms with Crippen molar-refractivity contribution in [2.75, 3.05) is 17.3 Å². The highest BCUT2D eigenvalue weighted by atomic mass is 32.2. The van der Waals surface area contributed by atoms with Crippen molar-refractivity contribution in [3.8, 4) is 0 Å². The van der Waals surface area contributed by atoms with E-state index in [9.17, 15) is 0 Å². The van der Waals surface area contributed by atoms with E-state index in [1.165, 1.54) is 42.9 Å². The molecular weight excluding hydrogens is 160 g/mol. The summed E-state index contributed by atoms with van der Waals surface area (Å²) in [6.45, 7) is 0. The molecule has 0 nitrogen and oxygen atoms in total. The normalized spacial score (nSPS) is 31.2. The summed E-state index contributed by atoms with van der Waals surface area (Å²) in [4.78, 5) is 0. The average molecular weight is 174 g/mol. The van der Waals surface area contributed by atoms with Crippen LogP contribution in [0.25, 0.3) is 0 Å². The van der Waals surface area contributed by atoms with Gasteiger partial charge < -0.3 is 0 Å². The first kappa shape index (κ1) is 7.35. The second-order valence-corrected chi connectivity index (χ2v) is 5.88. The van der Waals surface area contributed by atoms with Gasteiger partial charge >= 0.3 is 0 Å². The molecule has 0 aromatic rings. The van der Waals surface area contributed by atoms with E-state index < -0.39 is 0 Å². The van der Waals surface area contributed by atoms with Crippen LogP contribution in [0.4, 0.5) is 0 Å². The monoisotopic (exact) mass is 174 g/mol. The Labute approximate surface area is 71.5 Å². The molecule has 2 fully saturated rings. The highest BCUT2D eigenvalue weighted by Gasteiger charge is 2.38. The first-order chi connectivity index (χ1) is 4.91. The van der Waals surface area contributed by atoms with Crippen LogP contribution < -0.4 is 0 Å². The minimum Gasteiger partial charge on any atom is -0.159 e. The van der Waals surface area contributed by atoms with Crippen molar-refractivity contribution in [2.45, 2.75) is 30.4 Å². The first-order valence-corrected chi connectivity index (χ1v) is 6.27. The minimum absolute atomic E-state index is 0.765. The molecule has 1 spiro atoms. The highest BCUT2D eigenvalue weighted by molar-refractivity contribution is 8.08. The van der Waals surface area contributed by atoms with Crippen molar-refractivity contribution in [1.82, 2.24) is 0 Å². The van der Waals surface area contributed by atoms with Crippen molar-refractivity contribution < 1.29 is 0 Å². The van der Waals surface area contributed by atoms with Gasteiger partial charge in [0.05, 0.1) is 0 Å². The zero-order valence-electron chi connectivity index (χ0n) is 6.27. The lowest BCUT2D eigenvalue weighted by molar-refractivity contribution is 0.587. The molecular formula is C8H14S2. The van der Waals surface area contributed by atoms with Gasteiger partial charge in [0, 0.05) is 16.3 Å². The van der Waals surface area contributed by atoms with Gasteiger partial charge in [-0.1, -0.05) is 12.8 Å². The second kappa shape index (κ2) is 2.98. The topological polar surface area (TPSA) is 0 Å². The Morgan fingerprint density at radius 2 is 1.90 bits per heavy atom. The molecule has 0 atom stereocenters. The third-order valence-corrected chi connectivity index (χ3v) is 5.89. The summed E-state index contributed by atoms with van der Waals surface area (Å²) in [5.74, 6) is 4.32. The summed E-state index contributed by atoms with van der Waals surface area (Å²) in [5.41, 5.74) is 0. The van der Waals surface area contributed by atoms with Gasteiger partial charge in [-0.25, -0.2) is 0 Å². The smallest absolute Gasteiger partial charge is 0.0340 e. The van der Waals surface area contributed by atoms with Gasteiger partial charge in [-0.2, -0.15) is 23.5 Å². The van der Waals surface area contributed by atoms with Crippen molar-refractivity contribution in [3.05, 3.63) is 0 Å². The molecule has 2 aliphatic rings. The minimum atomic E-state index is 0.765. The van der Waals surface area contributed by atoms with Crippen molar-refractivity contribution in [2.24, 2.45) is 0 Å². The lowest BCUT2D eigenvalue weighted by atomic mass is 10.0. The van der Waals surface area contributed by atoms with Crippen molar-refractivity contribution in [1.29, 1.82) is 0 Å². The molecule has 10 heavy (non-hydrogen) atoms. The molecule has 2 heterocycles. The fourth-order valence-electron chi connectivity index (χ4n) is 1.64. The van der Waals surface area contributed by atoms with Gasteiger partial charge in [-0.05, 0) is 18.6 Å². The quantitative estimate of drug-likeness (QED) is 0.554. The Bertz CT molecular complexity index is 108. The van der Waals surface area contributed by atoms with Gasteiger partial charge in [-0.15, -0.1) is 0 Å². The fraction of sp³-hybridized carbons (Fsp3) is 1.00. The summed E-state index contributed by atoms with van der Waals surface area (Å²) in [7, 11) is 0. The van der Waals surface area contributed by atoms with E-state index in [2.05, 4.69) is 23.5 Å². The van der Waals surface area contributed by atoms with Crippen LogP contribution in [0.3, 0.4) is 0 Å². The van der Waals surface area contributed by atoms with E-state index in [-0.39, 0.29) is 0 Å². The van der Waals surface area contributed by atoms with Crippen LogP contribution >= 0.6 is 23.5 Å². The van der Waals surface area contributed by atoms with Crippen LogP contribution in [0.2, 0.25) is 0 Å². The van der Waals surface area contributed by atoms with Crippen LogP contribution in [0, 0.1) is 0 Å². The van der Waals surface area contributed by atoms with E-state index in [0.29, 0.717) is 0 Å². The third kappa shape index (κ3) is 1.33. The van der Waals surface area contributed by atoms with E-state index in [1.54, 1.807) is 0 Å². The average Bonchev–Trinajstić information content (AvgIpc) is 2.08. The zero-order valence-corrected chi connectivity index (χ0v) is 7.90. The molecule has 0 aromatic heterocycles. The lowest BCUT2D eigenvalue weighted by Gasteiger charge is -2.39. The molecule has 2 heteroatoms. The molecule has 0 N–H and O–H groups in total. The zero-order chi connectivity index (χ0) is 6.86. The third-order valence-electron chi connectivity index (χ3n) is 2.42. The van der Waals surface area contributed by atoms with E-state index in [4.69, 9.17) is 0 Å². The molecule has 2 aliphatic heterocycles. The summed E-state index contributed by atoms with van der Waals surface area (Å²) in [6.07, 6.45) is 5.95. The standard InChI is InChI=1S/C8H14S2/c1-2-4-8(6-9-7-8)10-5-3-1/h1-7H2. The molecule has 0 unspecified atom stereocenters. The van der Waals surface area contributed by atoms with Crippen LogP contribution in [-0.4, -0.2) is 22.0 Å². The maximum absolute atomic E-state index is 2.25. The molecule has 0 amide bonds. The molecule has 0 radical (unpaired) electrons. The molecule has 2 rings (SSSR count). The van der Waals surface area contributed by atoms with Crippen LogP contribution in [-0.2, 0) is 0 Å². The van der Waals surface area contributed by atoms with E-state index >= 15 is 0 Å². The number of hydrogen-bond donors (Lipinski definition) is 0.